The average Bonchev–Trinajstić information content (AvgIpc) is 2.65. The molecule has 0 aliphatic rings. The van der Waals surface area contributed by atoms with Gasteiger partial charge in [-0.05, 0) is 31.6 Å². The van der Waals surface area contributed by atoms with Crippen LogP contribution in [0.2, 0.25) is 0 Å². The zero-order valence-electron chi connectivity index (χ0n) is 19.6. The summed E-state index contributed by atoms with van der Waals surface area (Å²) in [5.74, 6) is 0.895. The van der Waals surface area contributed by atoms with Crippen LogP contribution in [0.1, 0.15) is 156 Å². The minimum absolute atomic E-state index is 0.895. The van der Waals surface area contributed by atoms with E-state index in [0.29, 0.717) is 0 Å². The van der Waals surface area contributed by atoms with E-state index in [-0.39, 0.29) is 0 Å². The van der Waals surface area contributed by atoms with Gasteiger partial charge in [-0.25, -0.2) is 0 Å². The fourth-order valence-corrected chi connectivity index (χ4v) is 3.86. The molecule has 0 aromatic carbocycles. The molecule has 0 aliphatic carbocycles. The molecule has 0 aromatic heterocycles. The minimum Gasteiger partial charge on any atom is -0.0885 e. The highest BCUT2D eigenvalue weighted by atomic mass is 14.0. The van der Waals surface area contributed by atoms with Crippen molar-refractivity contribution in [2.24, 2.45) is 5.92 Å². The number of rotatable bonds is 22. The van der Waals surface area contributed by atoms with Crippen LogP contribution in [0, 0.1) is 5.92 Å². The van der Waals surface area contributed by atoms with Gasteiger partial charge < -0.3 is 0 Å². The highest BCUT2D eigenvalue weighted by Crippen LogP contribution is 2.14. The van der Waals surface area contributed by atoms with E-state index in [9.17, 15) is 0 Å². The van der Waals surface area contributed by atoms with Gasteiger partial charge in [-0.15, -0.1) is 0 Å². The SMILES string of the molecule is CCCCCCCC/C=C/CCCCCCCCCCCCCCC(C)C. The molecule has 0 amide bonds. The van der Waals surface area contributed by atoms with Crippen molar-refractivity contribution < 1.29 is 0 Å². The second kappa shape index (κ2) is 23.8. The summed E-state index contributed by atoms with van der Waals surface area (Å²) < 4.78 is 0. The van der Waals surface area contributed by atoms with E-state index in [1.54, 1.807) is 0 Å². The van der Waals surface area contributed by atoms with Gasteiger partial charge in [0.2, 0.25) is 0 Å². The molecule has 0 nitrogen and oxygen atoms in total. The highest BCUT2D eigenvalue weighted by Gasteiger charge is 1.96. The summed E-state index contributed by atoms with van der Waals surface area (Å²) in [5.41, 5.74) is 0. The van der Waals surface area contributed by atoms with Crippen molar-refractivity contribution in [3.05, 3.63) is 12.2 Å². The molecule has 0 unspecified atom stereocenters. The van der Waals surface area contributed by atoms with Crippen molar-refractivity contribution in [1.29, 1.82) is 0 Å². The topological polar surface area (TPSA) is 0 Å². The second-order valence-electron chi connectivity index (χ2n) is 9.24. The minimum atomic E-state index is 0.895. The van der Waals surface area contributed by atoms with E-state index < -0.39 is 0 Å². The summed E-state index contributed by atoms with van der Waals surface area (Å²) in [4.78, 5) is 0. The van der Waals surface area contributed by atoms with E-state index in [1.165, 1.54) is 135 Å². The van der Waals surface area contributed by atoms with Gasteiger partial charge in [0.15, 0.2) is 0 Å². The first-order valence-corrected chi connectivity index (χ1v) is 12.9. The summed E-state index contributed by atoms with van der Waals surface area (Å²) in [6.07, 6.45) is 35.0. The number of hydrogen-bond donors (Lipinski definition) is 0. The van der Waals surface area contributed by atoms with Crippen molar-refractivity contribution in [2.45, 2.75) is 156 Å². The molecule has 0 heterocycles. The molecule has 0 saturated heterocycles. The standard InChI is InChI=1S/C27H54/c1-4-5-6-7-8-9-10-11-12-13-14-15-16-17-18-19-20-21-22-23-24-25-26-27(2)3/h11-12,27H,4-10,13-26H2,1-3H3/b12-11+. The summed E-state index contributed by atoms with van der Waals surface area (Å²) >= 11 is 0. The Morgan fingerprint density at radius 3 is 1.15 bits per heavy atom. The second-order valence-corrected chi connectivity index (χ2v) is 9.24. The molecule has 27 heavy (non-hydrogen) atoms. The molecule has 0 saturated carbocycles. The maximum Gasteiger partial charge on any atom is -0.0351 e. The summed E-state index contributed by atoms with van der Waals surface area (Å²) in [5, 5.41) is 0. The number of unbranched alkanes of at least 4 members (excludes halogenated alkanes) is 18. The maximum absolute atomic E-state index is 2.44. The Morgan fingerprint density at radius 1 is 0.444 bits per heavy atom. The maximum atomic E-state index is 2.44. The van der Waals surface area contributed by atoms with Crippen LogP contribution in [0.4, 0.5) is 0 Å². The van der Waals surface area contributed by atoms with Gasteiger partial charge in [0.25, 0.3) is 0 Å². The van der Waals surface area contributed by atoms with Gasteiger partial charge in [0.05, 0.1) is 0 Å². The number of hydrogen-bond acceptors (Lipinski definition) is 0. The van der Waals surface area contributed by atoms with Crippen LogP contribution in [-0.4, -0.2) is 0 Å². The Kier molecular flexibility index (Phi) is 23.5. The van der Waals surface area contributed by atoms with Gasteiger partial charge >= 0.3 is 0 Å². The molecule has 0 fully saturated rings. The van der Waals surface area contributed by atoms with E-state index in [1.807, 2.05) is 0 Å². The van der Waals surface area contributed by atoms with Crippen LogP contribution >= 0.6 is 0 Å². The first-order valence-electron chi connectivity index (χ1n) is 12.9. The lowest BCUT2D eigenvalue weighted by Crippen LogP contribution is -1.87. The average molecular weight is 379 g/mol. The largest absolute Gasteiger partial charge is 0.0885 e. The van der Waals surface area contributed by atoms with Gasteiger partial charge in [0.1, 0.15) is 0 Å². The molecule has 0 bridgehead atoms. The lowest BCUT2D eigenvalue weighted by Gasteiger charge is -2.04. The molecular formula is C27H54. The lowest BCUT2D eigenvalue weighted by molar-refractivity contribution is 0.503. The van der Waals surface area contributed by atoms with Crippen LogP contribution in [0.3, 0.4) is 0 Å². The van der Waals surface area contributed by atoms with Crippen molar-refractivity contribution in [1.82, 2.24) is 0 Å². The number of allylic oxidation sites excluding steroid dienone is 2. The zero-order valence-corrected chi connectivity index (χ0v) is 19.6. The molecule has 0 aliphatic heterocycles. The van der Waals surface area contributed by atoms with Crippen LogP contribution in [-0.2, 0) is 0 Å². The van der Waals surface area contributed by atoms with Crippen LogP contribution < -0.4 is 0 Å². The van der Waals surface area contributed by atoms with Crippen molar-refractivity contribution in [3.63, 3.8) is 0 Å². The van der Waals surface area contributed by atoms with E-state index >= 15 is 0 Å². The highest BCUT2D eigenvalue weighted by molar-refractivity contribution is 4.81. The van der Waals surface area contributed by atoms with Crippen molar-refractivity contribution in [2.75, 3.05) is 0 Å². The molecule has 0 N–H and O–H groups in total. The van der Waals surface area contributed by atoms with Crippen LogP contribution in [0.15, 0.2) is 12.2 Å². The Bertz CT molecular complexity index is 276. The predicted molar refractivity (Wildman–Crippen MR) is 127 cm³/mol. The molecular weight excluding hydrogens is 324 g/mol. The molecule has 0 rings (SSSR count). The third kappa shape index (κ3) is 25.7. The van der Waals surface area contributed by atoms with E-state index in [2.05, 4.69) is 32.9 Å². The molecule has 0 radical (unpaired) electrons. The van der Waals surface area contributed by atoms with Crippen molar-refractivity contribution >= 4 is 0 Å². The summed E-state index contributed by atoms with van der Waals surface area (Å²) in [6.45, 7) is 6.97. The first-order chi connectivity index (χ1) is 13.3. The monoisotopic (exact) mass is 378 g/mol. The fourth-order valence-electron chi connectivity index (χ4n) is 3.86. The Hall–Kier alpha value is -0.260. The van der Waals surface area contributed by atoms with Gasteiger partial charge in [-0.3, -0.25) is 0 Å². The molecule has 0 atom stereocenters. The molecule has 0 spiro atoms. The normalized spacial score (nSPS) is 11.9. The van der Waals surface area contributed by atoms with E-state index in [0.717, 1.165) is 5.92 Å². The third-order valence-corrected chi connectivity index (χ3v) is 5.79. The Morgan fingerprint density at radius 2 is 0.778 bits per heavy atom. The van der Waals surface area contributed by atoms with E-state index in [4.69, 9.17) is 0 Å². The quantitative estimate of drug-likeness (QED) is 0.130. The van der Waals surface area contributed by atoms with Crippen LogP contribution in [0.5, 0.6) is 0 Å². The molecule has 162 valence electrons. The smallest absolute Gasteiger partial charge is 0.0351 e. The molecule has 0 aromatic rings. The van der Waals surface area contributed by atoms with Crippen LogP contribution in [0.25, 0.3) is 0 Å². The Balaban J connectivity index is 3.05. The molecule has 0 heteroatoms. The summed E-state index contributed by atoms with van der Waals surface area (Å²) in [7, 11) is 0. The fraction of sp³-hybridized carbons (Fsp3) is 0.926. The first kappa shape index (κ1) is 26.7. The summed E-state index contributed by atoms with van der Waals surface area (Å²) in [6, 6.07) is 0. The van der Waals surface area contributed by atoms with Crippen molar-refractivity contribution in [3.8, 4) is 0 Å². The van der Waals surface area contributed by atoms with Gasteiger partial charge in [-0.2, -0.15) is 0 Å². The van der Waals surface area contributed by atoms with Gasteiger partial charge in [0, 0.05) is 0 Å². The Labute approximate surface area is 174 Å². The zero-order chi connectivity index (χ0) is 19.8. The van der Waals surface area contributed by atoms with Gasteiger partial charge in [-0.1, -0.05) is 142 Å². The predicted octanol–water partition coefficient (Wildman–Crippen LogP) is 10.4. The third-order valence-electron chi connectivity index (χ3n) is 5.79. The lowest BCUT2D eigenvalue weighted by atomic mass is 10.0.